The van der Waals surface area contributed by atoms with Crippen molar-refractivity contribution in [1.82, 2.24) is 0 Å². The molecule has 3 nitrogen and oxygen atoms in total. The highest BCUT2D eigenvalue weighted by Gasteiger charge is 2.27. The van der Waals surface area contributed by atoms with E-state index in [2.05, 4.69) is 6.07 Å². The van der Waals surface area contributed by atoms with Crippen LogP contribution in [0, 0.1) is 0 Å². The molecule has 0 saturated heterocycles. The van der Waals surface area contributed by atoms with Gasteiger partial charge in [-0.25, -0.2) is 0 Å². The van der Waals surface area contributed by atoms with Gasteiger partial charge in [-0.2, -0.15) is 0 Å². The second kappa shape index (κ2) is 6.54. The quantitative estimate of drug-likeness (QED) is 0.784. The molecule has 23 heavy (non-hydrogen) atoms. The van der Waals surface area contributed by atoms with E-state index in [0.29, 0.717) is 0 Å². The van der Waals surface area contributed by atoms with Crippen LogP contribution in [0.15, 0.2) is 24.3 Å². The summed E-state index contributed by atoms with van der Waals surface area (Å²) < 4.78 is 0. The van der Waals surface area contributed by atoms with Gasteiger partial charge in [0.2, 0.25) is 0 Å². The van der Waals surface area contributed by atoms with Crippen LogP contribution < -0.4 is 10.6 Å². The van der Waals surface area contributed by atoms with Gasteiger partial charge in [0.05, 0.1) is 4.88 Å². The molecule has 1 aromatic heterocycles. The van der Waals surface area contributed by atoms with Crippen molar-refractivity contribution in [3.05, 3.63) is 45.1 Å². The Balaban J connectivity index is 0.00000156. The van der Waals surface area contributed by atoms with E-state index in [9.17, 15) is 4.79 Å². The third kappa shape index (κ3) is 2.86. The summed E-state index contributed by atoms with van der Waals surface area (Å²) >= 11 is 1.69. The third-order valence-corrected chi connectivity index (χ3v) is 5.96. The minimum Gasteiger partial charge on any atom is -0.398 e. The number of hydrogen-bond acceptors (Lipinski definition) is 3. The fourth-order valence-electron chi connectivity index (χ4n) is 3.59. The van der Waals surface area contributed by atoms with Gasteiger partial charge >= 0.3 is 0 Å². The number of benzene rings is 1. The summed E-state index contributed by atoms with van der Waals surface area (Å²) in [5.74, 6) is 0.144. The Bertz CT molecular complexity index is 717. The standard InChI is InChI=1S/C18H20N2OS.ClH/c19-14-7-3-8-15-13(14)6-4-10-20(15)18(21)17-11-12-5-1-2-9-16(12)22-17;/h3,7-8,11H,1-2,4-6,9-10,19H2;1H. The monoisotopic (exact) mass is 348 g/mol. The van der Waals surface area contributed by atoms with Crippen molar-refractivity contribution in [1.29, 1.82) is 0 Å². The molecule has 0 unspecified atom stereocenters. The Morgan fingerprint density at radius 3 is 2.78 bits per heavy atom. The number of nitrogens with two attached hydrogens (primary N) is 1. The zero-order valence-corrected chi connectivity index (χ0v) is 14.6. The van der Waals surface area contributed by atoms with E-state index in [4.69, 9.17) is 5.73 Å². The number of amides is 1. The van der Waals surface area contributed by atoms with E-state index >= 15 is 0 Å². The van der Waals surface area contributed by atoms with Crippen LogP contribution in [-0.4, -0.2) is 12.5 Å². The first-order chi connectivity index (χ1) is 10.7. The SMILES string of the molecule is Cl.Nc1cccc2c1CCCN2C(=O)c1cc2c(s1)CCCC2. The van der Waals surface area contributed by atoms with Gasteiger partial charge in [-0.15, -0.1) is 23.7 Å². The molecule has 2 N–H and O–H groups in total. The number of nitrogen functional groups attached to an aromatic ring is 1. The number of rotatable bonds is 1. The summed E-state index contributed by atoms with van der Waals surface area (Å²) in [5, 5.41) is 0. The Morgan fingerprint density at radius 1 is 1.13 bits per heavy atom. The minimum absolute atomic E-state index is 0. The molecule has 0 bridgehead atoms. The number of halogens is 1. The van der Waals surface area contributed by atoms with Gasteiger partial charge in [-0.3, -0.25) is 4.79 Å². The van der Waals surface area contributed by atoms with E-state index < -0.39 is 0 Å². The first kappa shape index (κ1) is 16.3. The molecule has 5 heteroatoms. The predicted octanol–water partition coefficient (Wildman–Crippen LogP) is 4.22. The fourth-order valence-corrected chi connectivity index (χ4v) is 4.79. The van der Waals surface area contributed by atoms with Crippen molar-refractivity contribution in [2.75, 3.05) is 17.2 Å². The summed E-state index contributed by atoms with van der Waals surface area (Å²) in [6, 6.07) is 8.02. The van der Waals surface area contributed by atoms with Crippen molar-refractivity contribution in [3.63, 3.8) is 0 Å². The second-order valence-electron chi connectivity index (χ2n) is 6.17. The molecule has 0 spiro atoms. The molecule has 0 fully saturated rings. The summed E-state index contributed by atoms with van der Waals surface area (Å²) in [5.41, 5.74) is 10.4. The molecule has 1 aliphatic carbocycles. The second-order valence-corrected chi connectivity index (χ2v) is 7.31. The van der Waals surface area contributed by atoms with Crippen LogP contribution in [0.4, 0.5) is 11.4 Å². The molecule has 1 amide bonds. The average Bonchev–Trinajstić information content (AvgIpc) is 2.98. The number of nitrogens with zero attached hydrogens (tertiary/aromatic N) is 1. The summed E-state index contributed by atoms with van der Waals surface area (Å²) in [4.78, 5) is 17.2. The maximum absolute atomic E-state index is 13.0. The molecular weight excluding hydrogens is 328 g/mol. The largest absolute Gasteiger partial charge is 0.398 e. The number of carbonyl (C=O) groups is 1. The fraction of sp³-hybridized carbons (Fsp3) is 0.389. The van der Waals surface area contributed by atoms with Crippen LogP contribution in [0.5, 0.6) is 0 Å². The first-order valence-electron chi connectivity index (χ1n) is 8.05. The molecule has 0 atom stereocenters. The number of carbonyl (C=O) groups excluding carboxylic acids is 1. The van der Waals surface area contributed by atoms with Crippen LogP contribution in [0.3, 0.4) is 0 Å². The molecule has 122 valence electrons. The van der Waals surface area contributed by atoms with Crippen molar-refractivity contribution in [3.8, 4) is 0 Å². The lowest BCUT2D eigenvalue weighted by Gasteiger charge is -2.30. The van der Waals surface area contributed by atoms with Crippen LogP contribution in [-0.2, 0) is 19.3 Å². The van der Waals surface area contributed by atoms with Crippen LogP contribution in [0.1, 0.15) is 44.9 Å². The van der Waals surface area contributed by atoms with E-state index in [-0.39, 0.29) is 18.3 Å². The number of anilines is 2. The summed E-state index contributed by atoms with van der Waals surface area (Å²) in [6.07, 6.45) is 6.72. The Hall–Kier alpha value is -1.52. The van der Waals surface area contributed by atoms with Crippen molar-refractivity contribution < 1.29 is 4.79 Å². The zero-order chi connectivity index (χ0) is 15.1. The Morgan fingerprint density at radius 2 is 1.96 bits per heavy atom. The molecule has 0 saturated carbocycles. The summed E-state index contributed by atoms with van der Waals surface area (Å²) in [7, 11) is 0. The van der Waals surface area contributed by atoms with E-state index in [1.165, 1.54) is 23.3 Å². The van der Waals surface area contributed by atoms with E-state index in [0.717, 1.165) is 54.0 Å². The highest BCUT2D eigenvalue weighted by atomic mass is 35.5. The molecule has 0 radical (unpaired) electrons. The lowest BCUT2D eigenvalue weighted by atomic mass is 9.98. The highest BCUT2D eigenvalue weighted by molar-refractivity contribution is 7.14. The van der Waals surface area contributed by atoms with Gasteiger partial charge in [0.15, 0.2) is 0 Å². The molecule has 1 aromatic carbocycles. The smallest absolute Gasteiger partial charge is 0.268 e. The van der Waals surface area contributed by atoms with E-state index in [1.807, 2.05) is 23.1 Å². The van der Waals surface area contributed by atoms with Gasteiger partial charge in [0, 0.05) is 22.8 Å². The molecule has 2 aliphatic rings. The first-order valence-corrected chi connectivity index (χ1v) is 8.86. The normalized spacial score (nSPS) is 16.3. The zero-order valence-electron chi connectivity index (χ0n) is 13.0. The van der Waals surface area contributed by atoms with Gasteiger partial charge in [0.1, 0.15) is 0 Å². The molecule has 1 aliphatic heterocycles. The predicted molar refractivity (Wildman–Crippen MR) is 99.1 cm³/mol. The topological polar surface area (TPSA) is 46.3 Å². The number of hydrogen-bond donors (Lipinski definition) is 1. The molecule has 4 rings (SSSR count). The van der Waals surface area contributed by atoms with Gasteiger partial charge in [-0.1, -0.05) is 6.07 Å². The van der Waals surface area contributed by atoms with Gasteiger partial charge < -0.3 is 10.6 Å². The lowest BCUT2D eigenvalue weighted by Crippen LogP contribution is -2.35. The molecular formula is C18H21ClN2OS. The molecule has 2 aromatic rings. The number of aryl methyl sites for hydroxylation is 2. The third-order valence-electron chi connectivity index (χ3n) is 4.74. The molecule has 2 heterocycles. The maximum atomic E-state index is 13.0. The van der Waals surface area contributed by atoms with Gasteiger partial charge in [-0.05, 0) is 67.9 Å². The minimum atomic E-state index is 0. The van der Waals surface area contributed by atoms with Crippen molar-refractivity contribution in [2.24, 2.45) is 0 Å². The lowest BCUT2D eigenvalue weighted by molar-refractivity contribution is 0.0989. The van der Waals surface area contributed by atoms with Crippen LogP contribution in [0.25, 0.3) is 0 Å². The number of thiophene rings is 1. The number of fused-ring (bicyclic) bond motifs is 2. The average molecular weight is 349 g/mol. The van der Waals surface area contributed by atoms with Crippen LogP contribution in [0.2, 0.25) is 0 Å². The van der Waals surface area contributed by atoms with Crippen molar-refractivity contribution >= 4 is 41.0 Å². The highest BCUT2D eigenvalue weighted by Crippen LogP contribution is 2.35. The summed E-state index contributed by atoms with van der Waals surface area (Å²) in [6.45, 7) is 0.790. The maximum Gasteiger partial charge on any atom is 0.268 e. The Kier molecular flexibility index (Phi) is 4.64. The Labute approximate surface area is 146 Å². The van der Waals surface area contributed by atoms with Gasteiger partial charge in [0.25, 0.3) is 5.91 Å². The van der Waals surface area contributed by atoms with Crippen LogP contribution >= 0.6 is 23.7 Å². The van der Waals surface area contributed by atoms with Crippen molar-refractivity contribution in [2.45, 2.75) is 38.5 Å². The van der Waals surface area contributed by atoms with E-state index in [1.54, 1.807) is 11.3 Å².